The molecule has 0 spiro atoms. The second-order valence-electron chi connectivity index (χ2n) is 4.49. The van der Waals surface area contributed by atoms with Gasteiger partial charge in [-0.15, -0.1) is 0 Å². The Morgan fingerprint density at radius 1 is 1.53 bits per heavy atom. The Morgan fingerprint density at radius 3 is 2.59 bits per heavy atom. The molecule has 3 unspecified atom stereocenters. The van der Waals surface area contributed by atoms with E-state index in [9.17, 15) is 9.90 Å². The van der Waals surface area contributed by atoms with Gasteiger partial charge in [0, 0.05) is 18.8 Å². The van der Waals surface area contributed by atoms with Gasteiger partial charge in [-0.2, -0.15) is 5.10 Å². The van der Waals surface area contributed by atoms with Crippen LogP contribution >= 0.6 is 0 Å². The molecule has 1 rings (SSSR count). The third kappa shape index (κ3) is 2.85. The number of aliphatic hydroxyl groups excluding tert-OH is 1. The zero-order valence-corrected chi connectivity index (χ0v) is 10.7. The lowest BCUT2D eigenvalue weighted by Crippen LogP contribution is -2.24. The van der Waals surface area contributed by atoms with E-state index in [0.29, 0.717) is 0 Å². The van der Waals surface area contributed by atoms with Gasteiger partial charge < -0.3 is 10.2 Å². The Bertz CT molecular complexity index is 400. The van der Waals surface area contributed by atoms with Crippen LogP contribution in [0.4, 0.5) is 0 Å². The van der Waals surface area contributed by atoms with Crippen molar-refractivity contribution in [1.29, 1.82) is 0 Å². The summed E-state index contributed by atoms with van der Waals surface area (Å²) in [5, 5.41) is 23.4. The molecule has 3 atom stereocenters. The van der Waals surface area contributed by atoms with Gasteiger partial charge in [-0.25, -0.2) is 0 Å². The first-order valence-corrected chi connectivity index (χ1v) is 5.81. The largest absolute Gasteiger partial charge is 0.481 e. The van der Waals surface area contributed by atoms with Crippen molar-refractivity contribution in [1.82, 2.24) is 9.78 Å². The van der Waals surface area contributed by atoms with Crippen LogP contribution in [0.15, 0.2) is 6.20 Å². The van der Waals surface area contributed by atoms with Crippen LogP contribution in [0, 0.1) is 11.8 Å². The Hall–Kier alpha value is -1.36. The maximum atomic E-state index is 10.9. The minimum atomic E-state index is -0.890. The summed E-state index contributed by atoms with van der Waals surface area (Å²) in [6.07, 6.45) is 1.69. The van der Waals surface area contributed by atoms with Crippen molar-refractivity contribution < 1.29 is 15.0 Å². The number of aliphatic hydroxyl groups is 1. The number of aliphatic carboxylic acids is 1. The number of aryl methyl sites for hydroxylation is 2. The van der Waals surface area contributed by atoms with Crippen LogP contribution < -0.4 is 0 Å². The summed E-state index contributed by atoms with van der Waals surface area (Å²) in [6.45, 7) is 5.32. The molecule has 0 aliphatic heterocycles. The zero-order chi connectivity index (χ0) is 13.2. The van der Waals surface area contributed by atoms with Gasteiger partial charge in [0.1, 0.15) is 0 Å². The summed E-state index contributed by atoms with van der Waals surface area (Å²) in [4.78, 5) is 10.9. The highest BCUT2D eigenvalue weighted by molar-refractivity contribution is 5.69. The lowest BCUT2D eigenvalue weighted by atomic mass is 9.87. The first kappa shape index (κ1) is 13.7. The lowest BCUT2D eigenvalue weighted by Gasteiger charge is -2.22. The van der Waals surface area contributed by atoms with Crippen molar-refractivity contribution in [2.75, 3.05) is 0 Å². The molecular weight excluding hydrogens is 220 g/mol. The average Bonchev–Trinajstić information content (AvgIpc) is 2.67. The van der Waals surface area contributed by atoms with Gasteiger partial charge in [0.05, 0.1) is 17.7 Å². The molecule has 0 radical (unpaired) electrons. The summed E-state index contributed by atoms with van der Waals surface area (Å²) in [5.41, 5.74) is 1.56. The van der Waals surface area contributed by atoms with E-state index in [2.05, 4.69) is 5.10 Å². The quantitative estimate of drug-likeness (QED) is 0.815. The van der Waals surface area contributed by atoms with Gasteiger partial charge in [-0.05, 0) is 12.3 Å². The molecular formula is C12H20N2O3. The average molecular weight is 240 g/mol. The molecule has 2 N–H and O–H groups in total. The lowest BCUT2D eigenvalue weighted by molar-refractivity contribution is -0.144. The molecule has 0 aliphatic carbocycles. The van der Waals surface area contributed by atoms with E-state index in [-0.39, 0.29) is 5.92 Å². The van der Waals surface area contributed by atoms with E-state index in [1.807, 2.05) is 6.92 Å². The van der Waals surface area contributed by atoms with Crippen LogP contribution in [0.3, 0.4) is 0 Å². The van der Waals surface area contributed by atoms with Crippen LogP contribution in [-0.4, -0.2) is 26.0 Å². The maximum Gasteiger partial charge on any atom is 0.306 e. The Morgan fingerprint density at radius 2 is 2.12 bits per heavy atom. The highest BCUT2D eigenvalue weighted by Gasteiger charge is 2.29. The third-order valence-corrected chi connectivity index (χ3v) is 3.27. The molecule has 0 aromatic carbocycles. The fourth-order valence-electron chi connectivity index (χ4n) is 1.86. The van der Waals surface area contributed by atoms with Crippen molar-refractivity contribution in [3.8, 4) is 0 Å². The number of hydrogen-bond donors (Lipinski definition) is 2. The Labute approximate surface area is 101 Å². The molecule has 0 saturated carbocycles. The second kappa shape index (κ2) is 5.31. The van der Waals surface area contributed by atoms with E-state index in [1.165, 1.54) is 0 Å². The normalized spacial score (nSPS) is 16.5. The first-order chi connectivity index (χ1) is 7.88. The topological polar surface area (TPSA) is 75.3 Å². The number of carbonyl (C=O) groups is 1. The van der Waals surface area contributed by atoms with E-state index in [1.54, 1.807) is 31.8 Å². The SMILES string of the molecule is CCc1nn(C)cc1C(O)C(C)C(C)C(=O)O. The molecule has 0 saturated heterocycles. The maximum absolute atomic E-state index is 10.9. The molecule has 1 aromatic heterocycles. The van der Waals surface area contributed by atoms with Crippen molar-refractivity contribution in [3.05, 3.63) is 17.5 Å². The molecule has 5 heteroatoms. The Kier molecular flexibility index (Phi) is 4.28. The van der Waals surface area contributed by atoms with Crippen LogP contribution in [0.5, 0.6) is 0 Å². The summed E-state index contributed by atoms with van der Waals surface area (Å²) in [7, 11) is 1.79. The van der Waals surface area contributed by atoms with Crippen LogP contribution in [0.1, 0.15) is 38.1 Å². The predicted molar refractivity (Wildman–Crippen MR) is 63.5 cm³/mol. The van der Waals surface area contributed by atoms with Gasteiger partial charge in [0.2, 0.25) is 0 Å². The minimum absolute atomic E-state index is 0.345. The molecule has 0 aliphatic rings. The summed E-state index contributed by atoms with van der Waals surface area (Å²) < 4.78 is 1.65. The number of nitrogens with zero attached hydrogens (tertiary/aromatic N) is 2. The second-order valence-corrected chi connectivity index (χ2v) is 4.49. The summed E-state index contributed by atoms with van der Waals surface area (Å²) in [6, 6.07) is 0. The van der Waals surface area contributed by atoms with Gasteiger partial charge in [-0.1, -0.05) is 20.8 Å². The smallest absolute Gasteiger partial charge is 0.306 e. The standard InChI is InChI=1S/C12H20N2O3/c1-5-10-9(6-14(4)13-10)11(15)7(2)8(3)12(16)17/h6-8,11,15H,5H2,1-4H3,(H,16,17). The van der Waals surface area contributed by atoms with Crippen LogP contribution in [0.25, 0.3) is 0 Å². The molecule has 17 heavy (non-hydrogen) atoms. The van der Waals surface area contributed by atoms with Gasteiger partial charge in [0.15, 0.2) is 0 Å². The van der Waals surface area contributed by atoms with Gasteiger partial charge in [-0.3, -0.25) is 9.48 Å². The van der Waals surface area contributed by atoms with E-state index in [4.69, 9.17) is 5.11 Å². The van der Waals surface area contributed by atoms with Crippen molar-refractivity contribution in [2.24, 2.45) is 18.9 Å². The molecule has 1 aromatic rings. The van der Waals surface area contributed by atoms with E-state index >= 15 is 0 Å². The third-order valence-electron chi connectivity index (χ3n) is 3.27. The predicted octanol–water partition coefficient (Wildman–Crippen LogP) is 1.37. The van der Waals surface area contributed by atoms with Crippen molar-refractivity contribution in [2.45, 2.75) is 33.3 Å². The molecule has 0 fully saturated rings. The molecule has 5 nitrogen and oxygen atoms in total. The number of carboxylic acid groups (broad SMARTS) is 1. The zero-order valence-electron chi connectivity index (χ0n) is 10.7. The number of carboxylic acids is 1. The monoisotopic (exact) mass is 240 g/mol. The molecule has 1 heterocycles. The van der Waals surface area contributed by atoms with Crippen molar-refractivity contribution >= 4 is 5.97 Å². The number of rotatable bonds is 5. The van der Waals surface area contributed by atoms with Gasteiger partial charge in [0.25, 0.3) is 0 Å². The fraction of sp³-hybridized carbons (Fsp3) is 0.667. The molecule has 96 valence electrons. The molecule has 0 amide bonds. The fourth-order valence-corrected chi connectivity index (χ4v) is 1.86. The summed E-state index contributed by atoms with van der Waals surface area (Å²) >= 11 is 0. The summed E-state index contributed by atoms with van der Waals surface area (Å²) in [5.74, 6) is -1.82. The van der Waals surface area contributed by atoms with E-state index < -0.39 is 18.0 Å². The first-order valence-electron chi connectivity index (χ1n) is 5.81. The van der Waals surface area contributed by atoms with Crippen LogP contribution in [0.2, 0.25) is 0 Å². The Balaban J connectivity index is 2.95. The van der Waals surface area contributed by atoms with Crippen LogP contribution in [-0.2, 0) is 18.3 Å². The number of hydrogen-bond acceptors (Lipinski definition) is 3. The highest BCUT2D eigenvalue weighted by Crippen LogP contribution is 2.29. The molecule has 0 bridgehead atoms. The van der Waals surface area contributed by atoms with Gasteiger partial charge >= 0.3 is 5.97 Å². The number of aromatic nitrogens is 2. The van der Waals surface area contributed by atoms with Crippen molar-refractivity contribution in [3.63, 3.8) is 0 Å². The van der Waals surface area contributed by atoms with E-state index in [0.717, 1.165) is 17.7 Å². The minimum Gasteiger partial charge on any atom is -0.481 e. The highest BCUT2D eigenvalue weighted by atomic mass is 16.4.